The summed E-state index contributed by atoms with van der Waals surface area (Å²) in [6.45, 7) is 9.07. The Balaban J connectivity index is 1.18. The van der Waals surface area contributed by atoms with Gasteiger partial charge in [0.15, 0.2) is 5.75 Å². The number of aromatic nitrogens is 3. The molecule has 3 fully saturated rings. The van der Waals surface area contributed by atoms with Crippen molar-refractivity contribution in [3.8, 4) is 22.9 Å². The second kappa shape index (κ2) is 12.5. The van der Waals surface area contributed by atoms with Crippen LogP contribution in [0.15, 0.2) is 42.7 Å². The zero-order valence-corrected chi connectivity index (χ0v) is 24.0. The van der Waals surface area contributed by atoms with Crippen molar-refractivity contribution in [2.24, 2.45) is 11.7 Å². The van der Waals surface area contributed by atoms with Crippen molar-refractivity contribution in [2.75, 3.05) is 63.9 Å². The number of benzene rings is 1. The van der Waals surface area contributed by atoms with Crippen molar-refractivity contribution in [2.45, 2.75) is 25.4 Å². The van der Waals surface area contributed by atoms with Crippen LogP contribution in [0, 0.1) is 5.92 Å². The summed E-state index contributed by atoms with van der Waals surface area (Å²) in [5, 5.41) is 1.12. The van der Waals surface area contributed by atoms with Crippen LogP contribution < -0.4 is 15.4 Å². The molecule has 3 aliphatic rings. The molecule has 2 aromatic heterocycles. The summed E-state index contributed by atoms with van der Waals surface area (Å²) < 4.78 is 11.5. The van der Waals surface area contributed by atoms with Crippen LogP contribution in [-0.4, -0.2) is 89.8 Å². The van der Waals surface area contributed by atoms with E-state index in [0.717, 1.165) is 95.2 Å². The lowest BCUT2D eigenvalue weighted by Gasteiger charge is -2.42. The molecule has 0 amide bonds. The van der Waals surface area contributed by atoms with Gasteiger partial charge in [0.1, 0.15) is 0 Å². The fourth-order valence-corrected chi connectivity index (χ4v) is 6.08. The van der Waals surface area contributed by atoms with Crippen molar-refractivity contribution < 1.29 is 9.47 Å². The number of pyridine rings is 1. The Kier molecular flexibility index (Phi) is 8.67. The Labute approximate surface area is 245 Å². The van der Waals surface area contributed by atoms with E-state index in [1.165, 1.54) is 0 Å². The summed E-state index contributed by atoms with van der Waals surface area (Å²) in [5.74, 6) is 2.35. The number of halogens is 2. The molecule has 6 rings (SSSR count). The van der Waals surface area contributed by atoms with Gasteiger partial charge in [-0.3, -0.25) is 9.80 Å². The standard InChI is InChI=1S/C29H35Cl2N7O2/c30-23-11-22(12-24(31)13-23)27-9-21(17-36-3-1-20(14-32)2-4-36)10-28(35-27)40-26-15-33-29(34-16-26)38-7-5-37(6-8-38)25-18-39-19-25/h9-13,15-16,20,25H,1-8,14,17-19,32H2. The molecule has 0 bridgehead atoms. The number of ether oxygens (including phenoxy) is 2. The van der Waals surface area contributed by atoms with Crippen LogP contribution in [0.4, 0.5) is 5.95 Å². The zero-order valence-electron chi connectivity index (χ0n) is 22.5. The van der Waals surface area contributed by atoms with Gasteiger partial charge in [0.05, 0.1) is 37.3 Å². The number of piperidine rings is 1. The summed E-state index contributed by atoms with van der Waals surface area (Å²) >= 11 is 12.6. The molecule has 3 saturated heterocycles. The average Bonchev–Trinajstić information content (AvgIpc) is 2.93. The number of piperazine rings is 1. The fourth-order valence-electron chi connectivity index (χ4n) is 5.56. The molecule has 0 radical (unpaired) electrons. The molecule has 9 nitrogen and oxygen atoms in total. The molecule has 0 saturated carbocycles. The lowest BCUT2D eigenvalue weighted by Crippen LogP contribution is -2.56. The maximum Gasteiger partial charge on any atom is 0.225 e. The molecule has 0 aliphatic carbocycles. The number of hydrogen-bond donors (Lipinski definition) is 1. The number of nitrogens with zero attached hydrogens (tertiary/aromatic N) is 6. The topological polar surface area (TPSA) is 92.9 Å². The largest absolute Gasteiger partial charge is 0.436 e. The molecule has 11 heteroatoms. The minimum absolute atomic E-state index is 0.480. The SMILES string of the molecule is NCC1CCN(Cc2cc(Oc3cnc(N4CCN(C5COC5)CC4)nc3)nc(-c3cc(Cl)cc(Cl)c3)c2)CC1. The van der Waals surface area contributed by atoms with Crippen LogP contribution in [0.3, 0.4) is 0 Å². The zero-order chi connectivity index (χ0) is 27.5. The smallest absolute Gasteiger partial charge is 0.225 e. The van der Waals surface area contributed by atoms with Crippen LogP contribution in [0.5, 0.6) is 11.6 Å². The first kappa shape index (κ1) is 27.6. The van der Waals surface area contributed by atoms with Crippen molar-refractivity contribution in [3.63, 3.8) is 0 Å². The monoisotopic (exact) mass is 583 g/mol. The molecular formula is C29H35Cl2N7O2. The van der Waals surface area contributed by atoms with E-state index in [-0.39, 0.29) is 0 Å². The Morgan fingerprint density at radius 1 is 0.900 bits per heavy atom. The van der Waals surface area contributed by atoms with E-state index in [0.29, 0.717) is 39.6 Å². The molecule has 0 atom stereocenters. The molecule has 3 aromatic rings. The van der Waals surface area contributed by atoms with Crippen LogP contribution in [0.1, 0.15) is 18.4 Å². The maximum atomic E-state index is 6.31. The van der Waals surface area contributed by atoms with Gasteiger partial charge in [-0.15, -0.1) is 0 Å². The van der Waals surface area contributed by atoms with Crippen LogP contribution >= 0.6 is 23.2 Å². The third kappa shape index (κ3) is 6.67. The van der Waals surface area contributed by atoms with E-state index in [1.54, 1.807) is 18.5 Å². The molecule has 212 valence electrons. The molecule has 3 aliphatic heterocycles. The lowest BCUT2D eigenvalue weighted by molar-refractivity contribution is -0.0661. The highest BCUT2D eigenvalue weighted by Crippen LogP contribution is 2.31. The van der Waals surface area contributed by atoms with E-state index in [2.05, 4.69) is 30.7 Å². The van der Waals surface area contributed by atoms with Crippen molar-refractivity contribution in [1.82, 2.24) is 24.8 Å². The number of rotatable bonds is 8. The average molecular weight is 585 g/mol. The third-order valence-corrected chi connectivity index (χ3v) is 8.47. The highest BCUT2D eigenvalue weighted by atomic mass is 35.5. The predicted octanol–water partition coefficient (Wildman–Crippen LogP) is 4.33. The highest BCUT2D eigenvalue weighted by Gasteiger charge is 2.29. The molecule has 5 heterocycles. The van der Waals surface area contributed by atoms with Gasteiger partial charge in [-0.05, 0) is 68.2 Å². The molecule has 1 aromatic carbocycles. The van der Waals surface area contributed by atoms with Gasteiger partial charge in [-0.1, -0.05) is 23.2 Å². The van der Waals surface area contributed by atoms with E-state index < -0.39 is 0 Å². The normalized spacial score (nSPS) is 19.5. The summed E-state index contributed by atoms with van der Waals surface area (Å²) in [4.78, 5) is 21.2. The molecular weight excluding hydrogens is 549 g/mol. The second-order valence-corrected chi connectivity index (χ2v) is 11.7. The molecule has 0 spiro atoms. The Morgan fingerprint density at radius 2 is 1.60 bits per heavy atom. The van der Waals surface area contributed by atoms with Crippen LogP contribution in [0.2, 0.25) is 10.0 Å². The maximum absolute atomic E-state index is 6.31. The van der Waals surface area contributed by atoms with E-state index in [1.807, 2.05) is 18.2 Å². The Bertz CT molecular complexity index is 1270. The van der Waals surface area contributed by atoms with Gasteiger partial charge in [0.25, 0.3) is 0 Å². The summed E-state index contributed by atoms with van der Waals surface area (Å²) in [6, 6.07) is 10.1. The summed E-state index contributed by atoms with van der Waals surface area (Å²) in [7, 11) is 0. The lowest BCUT2D eigenvalue weighted by atomic mass is 9.97. The highest BCUT2D eigenvalue weighted by molar-refractivity contribution is 6.35. The Morgan fingerprint density at radius 3 is 2.23 bits per heavy atom. The number of anilines is 1. The fraction of sp³-hybridized carbons (Fsp3) is 0.483. The third-order valence-electron chi connectivity index (χ3n) is 8.04. The van der Waals surface area contributed by atoms with Crippen molar-refractivity contribution in [1.29, 1.82) is 0 Å². The number of nitrogens with two attached hydrogens (primary N) is 1. The van der Waals surface area contributed by atoms with Gasteiger partial charge in [0, 0.05) is 54.4 Å². The van der Waals surface area contributed by atoms with Crippen LogP contribution in [0.25, 0.3) is 11.3 Å². The second-order valence-electron chi connectivity index (χ2n) is 10.8. The first-order valence-corrected chi connectivity index (χ1v) is 14.7. The van der Waals surface area contributed by atoms with Gasteiger partial charge in [-0.2, -0.15) is 0 Å². The molecule has 40 heavy (non-hydrogen) atoms. The van der Waals surface area contributed by atoms with Crippen LogP contribution in [-0.2, 0) is 11.3 Å². The quantitative estimate of drug-likeness (QED) is 0.416. The van der Waals surface area contributed by atoms with Gasteiger partial charge in [-0.25, -0.2) is 15.0 Å². The summed E-state index contributed by atoms with van der Waals surface area (Å²) in [5.41, 5.74) is 8.59. The Hall–Kier alpha value is -2.53. The van der Waals surface area contributed by atoms with Gasteiger partial charge < -0.3 is 20.1 Å². The van der Waals surface area contributed by atoms with E-state index in [4.69, 9.17) is 43.4 Å². The molecule has 2 N–H and O–H groups in total. The number of hydrogen-bond acceptors (Lipinski definition) is 9. The van der Waals surface area contributed by atoms with Crippen molar-refractivity contribution >= 4 is 29.2 Å². The van der Waals surface area contributed by atoms with Gasteiger partial charge >= 0.3 is 0 Å². The predicted molar refractivity (Wildman–Crippen MR) is 157 cm³/mol. The first-order valence-electron chi connectivity index (χ1n) is 14.0. The van der Waals surface area contributed by atoms with Crippen molar-refractivity contribution in [3.05, 3.63) is 58.3 Å². The molecule has 0 unspecified atom stereocenters. The first-order chi connectivity index (χ1) is 19.5. The minimum atomic E-state index is 0.480. The number of likely N-dealkylation sites (tertiary alicyclic amines) is 1. The van der Waals surface area contributed by atoms with Gasteiger partial charge in [0.2, 0.25) is 11.8 Å². The van der Waals surface area contributed by atoms with E-state index in [9.17, 15) is 0 Å². The summed E-state index contributed by atoms with van der Waals surface area (Å²) in [6.07, 6.45) is 5.68. The minimum Gasteiger partial charge on any atom is -0.436 e. The van der Waals surface area contributed by atoms with E-state index >= 15 is 0 Å².